The monoisotopic (exact) mass is 356 g/mol. The van der Waals surface area contributed by atoms with Crippen LogP contribution in [0.3, 0.4) is 0 Å². The van der Waals surface area contributed by atoms with Gasteiger partial charge in [0, 0.05) is 33.7 Å². The number of halogens is 2. The van der Waals surface area contributed by atoms with E-state index in [0.717, 1.165) is 15.6 Å². The minimum absolute atomic E-state index is 0.188. The van der Waals surface area contributed by atoms with E-state index in [-0.39, 0.29) is 4.84 Å². The molecule has 0 saturated carbocycles. The van der Waals surface area contributed by atoms with Crippen molar-refractivity contribution in [1.29, 1.82) is 0 Å². The highest BCUT2D eigenvalue weighted by molar-refractivity contribution is 7.23. The van der Waals surface area contributed by atoms with Gasteiger partial charge in [0.1, 0.15) is 4.84 Å². The second-order valence-corrected chi connectivity index (χ2v) is 29.8. The minimum Gasteiger partial charge on any atom is -0.106 e. The Balaban J connectivity index is 5.76. The third-order valence-corrected chi connectivity index (χ3v) is 34.5. The van der Waals surface area contributed by atoms with Gasteiger partial charge in [0.15, 0.2) is 0 Å². The average molecular weight is 358 g/mol. The van der Waals surface area contributed by atoms with Crippen LogP contribution in [0.2, 0.25) is 68.9 Å². The van der Waals surface area contributed by atoms with Crippen LogP contribution in [0.5, 0.6) is 0 Å². The van der Waals surface area contributed by atoms with E-state index in [1.54, 1.807) is 0 Å². The van der Waals surface area contributed by atoms with Crippen LogP contribution in [0.4, 0.5) is 0 Å². The van der Waals surface area contributed by atoms with Gasteiger partial charge in [-0.15, -0.1) is 23.2 Å². The highest BCUT2D eigenvalue weighted by atomic mass is 35.5. The Morgan fingerprint density at radius 2 is 1.06 bits per heavy atom. The zero-order chi connectivity index (χ0) is 15.0. The lowest BCUT2D eigenvalue weighted by atomic mass is 10.9. The summed E-state index contributed by atoms with van der Waals surface area (Å²) in [6.45, 7) is 23.1. The Labute approximate surface area is 130 Å². The molecule has 0 spiro atoms. The molecule has 0 aromatic rings. The quantitative estimate of drug-likeness (QED) is 0.422. The number of rotatable bonds is 6. The molecule has 0 amide bonds. The van der Waals surface area contributed by atoms with Crippen molar-refractivity contribution in [2.24, 2.45) is 0 Å². The Hall–Kier alpha value is 1.45. The Morgan fingerprint density at radius 3 is 1.22 bits per heavy atom. The minimum atomic E-state index is -1.26. The van der Waals surface area contributed by atoms with E-state index < -0.39 is 24.2 Å². The molecule has 0 N–H and O–H groups in total. The summed E-state index contributed by atoms with van der Waals surface area (Å²) in [6.07, 6.45) is 0. The van der Waals surface area contributed by atoms with Gasteiger partial charge in [-0.3, -0.25) is 0 Å². The van der Waals surface area contributed by atoms with Gasteiger partial charge < -0.3 is 0 Å². The summed E-state index contributed by atoms with van der Waals surface area (Å²) >= 11 is 12.1. The zero-order valence-electron chi connectivity index (χ0n) is 13.5. The van der Waals surface area contributed by atoms with E-state index in [0.29, 0.717) is 3.91 Å². The largest absolute Gasteiger partial charge is 0.106 e. The molecular formula is C12H30Cl2Si4. The lowest BCUT2D eigenvalue weighted by molar-refractivity contribution is 1.19. The van der Waals surface area contributed by atoms with Gasteiger partial charge in [0.2, 0.25) is 0 Å². The smallest absolute Gasteiger partial charge is 0.105 e. The second kappa shape index (κ2) is 6.06. The summed E-state index contributed by atoms with van der Waals surface area (Å²) in [6, 6.07) is 0.988. The molecule has 2 radical (unpaired) electrons. The second-order valence-electron chi connectivity index (χ2n) is 8.27. The number of hydrogen-bond acceptors (Lipinski definition) is 0. The van der Waals surface area contributed by atoms with E-state index in [9.17, 15) is 0 Å². The van der Waals surface area contributed by atoms with E-state index in [2.05, 4.69) is 58.9 Å². The summed E-state index contributed by atoms with van der Waals surface area (Å²) in [4.78, 5) is -0.188. The van der Waals surface area contributed by atoms with Crippen molar-refractivity contribution in [1.82, 2.24) is 0 Å². The fourth-order valence-electron chi connectivity index (χ4n) is 4.40. The molecule has 0 saturated heterocycles. The molecular weight excluding hydrogens is 327 g/mol. The van der Waals surface area contributed by atoms with Crippen LogP contribution in [0.15, 0.2) is 0 Å². The van der Waals surface area contributed by atoms with Gasteiger partial charge >= 0.3 is 0 Å². The van der Waals surface area contributed by atoms with Crippen molar-refractivity contribution in [3.05, 3.63) is 0 Å². The molecule has 0 aromatic carbocycles. The van der Waals surface area contributed by atoms with Crippen molar-refractivity contribution in [3.8, 4) is 0 Å². The maximum absolute atomic E-state index is 6.05. The van der Waals surface area contributed by atoms with Gasteiger partial charge in [-0.05, 0) is 6.04 Å². The molecule has 0 atom stereocenters. The SMILES string of the molecule is C[Si](C)(C)C([Si]CC(Cl)Cl)([Si](C)(C)C)[Si](C)(C)C. The molecule has 0 unspecified atom stereocenters. The maximum atomic E-state index is 6.05. The molecule has 0 heterocycles. The first kappa shape index (κ1) is 19.4. The third kappa shape index (κ3) is 3.98. The van der Waals surface area contributed by atoms with Gasteiger partial charge in [-0.25, -0.2) is 0 Å². The molecule has 0 rings (SSSR count). The van der Waals surface area contributed by atoms with Crippen molar-refractivity contribution in [2.75, 3.05) is 0 Å². The fraction of sp³-hybridized carbons (Fsp3) is 1.00. The molecule has 18 heavy (non-hydrogen) atoms. The van der Waals surface area contributed by atoms with Crippen LogP contribution in [-0.2, 0) is 0 Å². The molecule has 6 heteroatoms. The summed E-state index contributed by atoms with van der Waals surface area (Å²) in [5.41, 5.74) is 0. The molecule has 0 aliphatic carbocycles. The van der Waals surface area contributed by atoms with Crippen LogP contribution in [0.1, 0.15) is 0 Å². The van der Waals surface area contributed by atoms with Gasteiger partial charge in [-0.2, -0.15) is 0 Å². The molecule has 108 valence electrons. The summed E-state index contributed by atoms with van der Waals surface area (Å²) in [5, 5.41) is 0. The van der Waals surface area contributed by atoms with E-state index in [1.807, 2.05) is 0 Å². The van der Waals surface area contributed by atoms with Crippen molar-refractivity contribution in [3.63, 3.8) is 0 Å². The molecule has 0 aromatic heterocycles. The van der Waals surface area contributed by atoms with Crippen LogP contribution in [0, 0.1) is 0 Å². The van der Waals surface area contributed by atoms with Gasteiger partial charge in [-0.1, -0.05) is 62.8 Å². The average Bonchev–Trinajstić information content (AvgIpc) is 1.94. The lowest BCUT2D eigenvalue weighted by Crippen LogP contribution is -2.68. The third-order valence-electron chi connectivity index (χ3n) is 3.90. The van der Waals surface area contributed by atoms with Gasteiger partial charge in [0.05, 0.1) is 0 Å². The Kier molecular flexibility index (Phi) is 6.54. The van der Waals surface area contributed by atoms with E-state index >= 15 is 0 Å². The van der Waals surface area contributed by atoms with Crippen LogP contribution in [0.25, 0.3) is 0 Å². The van der Waals surface area contributed by atoms with Crippen LogP contribution >= 0.6 is 23.2 Å². The number of hydrogen-bond donors (Lipinski definition) is 0. The standard InChI is InChI=1S/C12H30Cl2Si4/c1-16(2,3)12(17(4,5)6,18(7,8)9)15-10-11(13)14/h11H,10H2,1-9H3. The first-order chi connectivity index (χ1) is 7.67. The summed E-state index contributed by atoms with van der Waals surface area (Å²) < 4.78 is 0.620. The summed E-state index contributed by atoms with van der Waals surface area (Å²) in [7, 11) is -2.82. The predicted octanol–water partition coefficient (Wildman–Crippen LogP) is 5.70. The van der Waals surface area contributed by atoms with Crippen LogP contribution < -0.4 is 0 Å². The van der Waals surface area contributed by atoms with E-state index in [4.69, 9.17) is 23.2 Å². The Morgan fingerprint density at radius 1 is 0.778 bits per heavy atom. The molecule has 0 nitrogen and oxygen atoms in total. The number of alkyl halides is 2. The normalized spacial score (nSPS) is 15.3. The Bertz CT molecular complexity index is 235. The highest BCUT2D eigenvalue weighted by Gasteiger charge is 2.59. The van der Waals surface area contributed by atoms with Crippen molar-refractivity contribution in [2.45, 2.75) is 73.7 Å². The topological polar surface area (TPSA) is 0 Å². The van der Waals surface area contributed by atoms with E-state index in [1.165, 1.54) is 0 Å². The predicted molar refractivity (Wildman–Crippen MR) is 98.8 cm³/mol. The summed E-state index contributed by atoms with van der Waals surface area (Å²) in [5.74, 6) is 0. The first-order valence-electron chi connectivity index (χ1n) is 6.70. The maximum Gasteiger partial charge on any atom is 0.105 e. The van der Waals surface area contributed by atoms with Crippen molar-refractivity contribution >= 4 is 56.9 Å². The first-order valence-corrected chi connectivity index (χ1v) is 19.3. The van der Waals surface area contributed by atoms with Gasteiger partial charge in [0.25, 0.3) is 0 Å². The molecule has 0 aliphatic rings. The van der Waals surface area contributed by atoms with Crippen molar-refractivity contribution < 1.29 is 0 Å². The molecule has 0 bridgehead atoms. The highest BCUT2D eigenvalue weighted by Crippen LogP contribution is 2.53. The fourth-order valence-corrected chi connectivity index (χ4v) is 39.6. The van der Waals surface area contributed by atoms with Crippen LogP contribution in [-0.4, -0.2) is 38.6 Å². The molecule has 0 aliphatic heterocycles. The lowest BCUT2D eigenvalue weighted by Gasteiger charge is -2.59. The zero-order valence-corrected chi connectivity index (χ0v) is 19.1. The molecule has 0 fully saturated rings.